The molecule has 0 aliphatic rings. The fourth-order valence-corrected chi connectivity index (χ4v) is 1.94. The fraction of sp³-hybridized carbons (Fsp3) is 0.364. The van der Waals surface area contributed by atoms with Gasteiger partial charge in [0.1, 0.15) is 5.75 Å². The second-order valence-electron chi connectivity index (χ2n) is 3.43. The number of carboxylic acid groups (broad SMARTS) is 1. The highest BCUT2D eigenvalue weighted by Gasteiger charge is 2.13. The van der Waals surface area contributed by atoms with Gasteiger partial charge in [-0.25, -0.2) is 0 Å². The summed E-state index contributed by atoms with van der Waals surface area (Å²) in [5.74, 6) is -0.127. The molecule has 0 fully saturated rings. The number of benzene rings is 1. The first-order valence-corrected chi connectivity index (χ1v) is 5.93. The van der Waals surface area contributed by atoms with Crippen molar-refractivity contribution < 1.29 is 14.6 Å². The number of ether oxygens (including phenoxy) is 1. The third-order valence-corrected chi connectivity index (χ3v) is 2.93. The maximum atomic E-state index is 10.5. The Balaban J connectivity index is 2.84. The molecule has 0 saturated carbocycles. The molecule has 0 spiro atoms. The van der Waals surface area contributed by atoms with E-state index in [1.54, 1.807) is 7.11 Å². The molecule has 0 aliphatic carbocycles. The molecule has 0 bridgehead atoms. The van der Waals surface area contributed by atoms with Crippen LogP contribution in [0.3, 0.4) is 0 Å². The zero-order valence-corrected chi connectivity index (χ0v) is 11.1. The number of methoxy groups -OCH3 is 1. The highest BCUT2D eigenvalue weighted by Crippen LogP contribution is 2.28. The molecule has 1 aromatic rings. The zero-order chi connectivity index (χ0) is 12.1. The van der Waals surface area contributed by atoms with E-state index in [0.717, 1.165) is 9.13 Å². The lowest BCUT2D eigenvalue weighted by Crippen LogP contribution is -2.13. The Morgan fingerprint density at radius 2 is 2.31 bits per heavy atom. The summed E-state index contributed by atoms with van der Waals surface area (Å²) in [6.07, 6.45) is 0.474. The van der Waals surface area contributed by atoms with Crippen LogP contribution in [0.1, 0.15) is 24.4 Å². The van der Waals surface area contributed by atoms with Crippen LogP contribution < -0.4 is 10.5 Å². The van der Waals surface area contributed by atoms with Crippen LogP contribution in [0.4, 0.5) is 0 Å². The third kappa shape index (κ3) is 3.64. The molecule has 0 radical (unpaired) electrons. The van der Waals surface area contributed by atoms with E-state index < -0.39 is 5.97 Å². The third-order valence-electron chi connectivity index (χ3n) is 2.26. The van der Waals surface area contributed by atoms with Crippen LogP contribution in [0.2, 0.25) is 0 Å². The highest BCUT2D eigenvalue weighted by atomic mass is 127. The summed E-state index contributed by atoms with van der Waals surface area (Å²) in [6, 6.07) is 5.39. The quantitative estimate of drug-likeness (QED) is 0.809. The molecule has 1 rings (SSSR count). The van der Waals surface area contributed by atoms with Crippen LogP contribution >= 0.6 is 22.6 Å². The molecule has 0 aliphatic heterocycles. The number of aliphatic carboxylic acids is 1. The summed E-state index contributed by atoms with van der Waals surface area (Å²) >= 11 is 2.19. The van der Waals surface area contributed by atoms with Gasteiger partial charge in [-0.05, 0) is 47.2 Å². The van der Waals surface area contributed by atoms with Gasteiger partial charge < -0.3 is 15.6 Å². The van der Waals surface area contributed by atoms with E-state index in [2.05, 4.69) is 22.6 Å². The van der Waals surface area contributed by atoms with Gasteiger partial charge in [-0.15, -0.1) is 0 Å². The highest BCUT2D eigenvalue weighted by molar-refractivity contribution is 14.1. The Morgan fingerprint density at radius 1 is 1.62 bits per heavy atom. The predicted molar refractivity (Wildman–Crippen MR) is 69.5 cm³/mol. The van der Waals surface area contributed by atoms with E-state index in [1.165, 1.54) is 0 Å². The largest absolute Gasteiger partial charge is 0.496 e. The minimum Gasteiger partial charge on any atom is -0.496 e. The Labute approximate surface area is 108 Å². The van der Waals surface area contributed by atoms with Crippen molar-refractivity contribution in [2.24, 2.45) is 5.73 Å². The zero-order valence-electron chi connectivity index (χ0n) is 8.94. The van der Waals surface area contributed by atoms with Crippen LogP contribution in [0.5, 0.6) is 5.75 Å². The smallest absolute Gasteiger partial charge is 0.303 e. The van der Waals surface area contributed by atoms with Gasteiger partial charge in [0.05, 0.1) is 7.11 Å². The van der Waals surface area contributed by atoms with Gasteiger partial charge in [-0.3, -0.25) is 4.79 Å². The summed E-state index contributed by atoms with van der Waals surface area (Å²) in [6.45, 7) is 0. The average Bonchev–Trinajstić information content (AvgIpc) is 2.25. The van der Waals surface area contributed by atoms with Gasteiger partial charge in [0.25, 0.3) is 0 Å². The standard InChI is InChI=1S/C11H14INO3/c1-16-10-4-2-7(12)6-8(10)9(13)3-5-11(14)15/h2,4,6,9H,3,5,13H2,1H3,(H,14,15). The van der Waals surface area contributed by atoms with Crippen molar-refractivity contribution in [1.29, 1.82) is 0 Å². The van der Waals surface area contributed by atoms with E-state index in [-0.39, 0.29) is 12.5 Å². The van der Waals surface area contributed by atoms with E-state index >= 15 is 0 Å². The van der Waals surface area contributed by atoms with E-state index in [0.29, 0.717) is 12.2 Å². The molecular weight excluding hydrogens is 321 g/mol. The van der Waals surface area contributed by atoms with Gasteiger partial charge in [0.15, 0.2) is 0 Å². The van der Waals surface area contributed by atoms with Gasteiger partial charge in [-0.1, -0.05) is 0 Å². The molecule has 0 saturated heterocycles. The lowest BCUT2D eigenvalue weighted by atomic mass is 10.0. The topological polar surface area (TPSA) is 72.5 Å². The first-order valence-electron chi connectivity index (χ1n) is 4.85. The average molecular weight is 335 g/mol. The maximum Gasteiger partial charge on any atom is 0.303 e. The summed E-state index contributed by atoms with van der Waals surface area (Å²) < 4.78 is 6.25. The van der Waals surface area contributed by atoms with Crippen molar-refractivity contribution in [2.75, 3.05) is 7.11 Å². The molecule has 1 atom stereocenters. The molecule has 0 heterocycles. The predicted octanol–water partition coefficient (Wildman–Crippen LogP) is 2.16. The van der Waals surface area contributed by atoms with Crippen LogP contribution in [0, 0.1) is 3.57 Å². The van der Waals surface area contributed by atoms with Gasteiger partial charge >= 0.3 is 5.97 Å². The minimum atomic E-state index is -0.833. The molecule has 4 nitrogen and oxygen atoms in total. The second-order valence-corrected chi connectivity index (χ2v) is 4.67. The monoisotopic (exact) mass is 335 g/mol. The van der Waals surface area contributed by atoms with Crippen LogP contribution in [-0.4, -0.2) is 18.2 Å². The Morgan fingerprint density at radius 3 is 2.88 bits per heavy atom. The maximum absolute atomic E-state index is 10.5. The summed E-state index contributed by atoms with van der Waals surface area (Å²) in [7, 11) is 1.58. The normalized spacial score (nSPS) is 12.2. The first kappa shape index (κ1) is 13.2. The Bertz CT molecular complexity index is 381. The molecule has 16 heavy (non-hydrogen) atoms. The summed E-state index contributed by atoms with van der Waals surface area (Å²) in [5, 5.41) is 8.60. The van der Waals surface area contributed by atoms with Crippen LogP contribution in [-0.2, 0) is 4.79 Å². The van der Waals surface area contributed by atoms with Crippen molar-refractivity contribution in [3.8, 4) is 5.75 Å². The first-order chi connectivity index (χ1) is 7.54. The van der Waals surface area contributed by atoms with Crippen molar-refractivity contribution in [3.05, 3.63) is 27.3 Å². The molecule has 0 aromatic heterocycles. The van der Waals surface area contributed by atoms with Gasteiger partial charge in [0.2, 0.25) is 0 Å². The lowest BCUT2D eigenvalue weighted by Gasteiger charge is -2.15. The number of carbonyl (C=O) groups is 1. The SMILES string of the molecule is COc1ccc(I)cc1C(N)CCC(=O)O. The van der Waals surface area contributed by atoms with Crippen molar-refractivity contribution >= 4 is 28.6 Å². The van der Waals surface area contributed by atoms with Crippen LogP contribution in [0.15, 0.2) is 18.2 Å². The molecule has 1 aromatic carbocycles. The van der Waals surface area contributed by atoms with E-state index in [1.807, 2.05) is 18.2 Å². The minimum absolute atomic E-state index is 0.0653. The van der Waals surface area contributed by atoms with E-state index in [4.69, 9.17) is 15.6 Å². The van der Waals surface area contributed by atoms with Crippen molar-refractivity contribution in [3.63, 3.8) is 0 Å². The number of rotatable bonds is 5. The van der Waals surface area contributed by atoms with E-state index in [9.17, 15) is 4.79 Å². The van der Waals surface area contributed by atoms with Gasteiger partial charge in [0, 0.05) is 21.6 Å². The van der Waals surface area contributed by atoms with Gasteiger partial charge in [-0.2, -0.15) is 0 Å². The molecule has 3 N–H and O–H groups in total. The number of carboxylic acids is 1. The summed E-state index contributed by atoms with van der Waals surface area (Å²) in [4.78, 5) is 10.5. The Kier molecular flexibility index (Phi) is 5.01. The van der Waals surface area contributed by atoms with Crippen molar-refractivity contribution in [1.82, 2.24) is 0 Å². The molecule has 1 unspecified atom stereocenters. The Hall–Kier alpha value is -0.820. The number of halogens is 1. The fourth-order valence-electron chi connectivity index (χ4n) is 1.43. The molecule has 0 amide bonds. The molecule has 5 heteroatoms. The second kappa shape index (κ2) is 6.05. The number of hydrogen-bond acceptors (Lipinski definition) is 3. The number of nitrogens with two attached hydrogens (primary N) is 1. The lowest BCUT2D eigenvalue weighted by molar-refractivity contribution is -0.137. The van der Waals surface area contributed by atoms with Crippen LogP contribution in [0.25, 0.3) is 0 Å². The van der Waals surface area contributed by atoms with Crippen molar-refractivity contribution in [2.45, 2.75) is 18.9 Å². The summed E-state index contributed by atoms with van der Waals surface area (Å²) in [5.41, 5.74) is 6.80. The molecule has 88 valence electrons. The molecular formula is C11H14INO3. The number of hydrogen-bond donors (Lipinski definition) is 2.